The van der Waals surface area contributed by atoms with E-state index >= 15 is 0 Å². The molecule has 0 bridgehead atoms. The molecule has 2 fully saturated rings. The third-order valence-corrected chi connectivity index (χ3v) is 5.09. The van der Waals surface area contributed by atoms with E-state index in [-0.39, 0.29) is 11.4 Å². The molecule has 0 radical (unpaired) electrons. The standard InChI is InChI=1S/C20H19F2N7/c21-14-2-1-13(16(22)9-14)12-28-5-7-29(8-6-28)20-19(25-15-3-4-15)26-17(10-23)18(11-24)27-20/h1-2,9,15H,3-8,12H2,(H,25,26). The van der Waals surface area contributed by atoms with Gasteiger partial charge in [0.05, 0.1) is 0 Å². The average Bonchev–Trinajstić information content (AvgIpc) is 3.54. The van der Waals surface area contributed by atoms with Crippen molar-refractivity contribution in [1.82, 2.24) is 14.9 Å². The van der Waals surface area contributed by atoms with E-state index < -0.39 is 11.6 Å². The van der Waals surface area contributed by atoms with Gasteiger partial charge in [-0.05, 0) is 18.9 Å². The van der Waals surface area contributed by atoms with Gasteiger partial charge >= 0.3 is 0 Å². The molecule has 0 unspecified atom stereocenters. The Morgan fingerprint density at radius 1 is 1.03 bits per heavy atom. The second-order valence-electron chi connectivity index (χ2n) is 7.23. The Morgan fingerprint density at radius 2 is 1.72 bits per heavy atom. The van der Waals surface area contributed by atoms with E-state index in [1.165, 1.54) is 12.1 Å². The molecule has 0 atom stereocenters. The molecular weight excluding hydrogens is 376 g/mol. The van der Waals surface area contributed by atoms with Crippen LogP contribution >= 0.6 is 0 Å². The number of aromatic nitrogens is 2. The highest BCUT2D eigenvalue weighted by atomic mass is 19.1. The molecule has 1 aliphatic heterocycles. The number of benzene rings is 1. The number of nitrogens with zero attached hydrogens (tertiary/aromatic N) is 6. The van der Waals surface area contributed by atoms with E-state index in [2.05, 4.69) is 20.2 Å². The first kappa shape index (κ1) is 19.0. The first-order valence-corrected chi connectivity index (χ1v) is 9.47. The summed E-state index contributed by atoms with van der Waals surface area (Å²) in [5, 5.41) is 21.8. The lowest BCUT2D eigenvalue weighted by Gasteiger charge is -2.36. The monoisotopic (exact) mass is 395 g/mol. The van der Waals surface area contributed by atoms with E-state index in [1.54, 1.807) is 0 Å². The maximum atomic E-state index is 13.9. The minimum absolute atomic E-state index is 0.0136. The molecule has 1 aromatic heterocycles. The Hall–Kier alpha value is -3.30. The summed E-state index contributed by atoms with van der Waals surface area (Å²) in [6, 6.07) is 7.83. The normalized spacial score (nSPS) is 16.9. The highest BCUT2D eigenvalue weighted by Gasteiger charge is 2.28. The van der Waals surface area contributed by atoms with Crippen LogP contribution in [0.5, 0.6) is 0 Å². The lowest BCUT2D eigenvalue weighted by atomic mass is 10.1. The van der Waals surface area contributed by atoms with Crippen LogP contribution in [0, 0.1) is 34.3 Å². The Morgan fingerprint density at radius 3 is 2.34 bits per heavy atom. The second kappa shape index (κ2) is 7.98. The van der Waals surface area contributed by atoms with E-state index in [1.807, 2.05) is 17.0 Å². The van der Waals surface area contributed by atoms with E-state index in [0.29, 0.717) is 56.0 Å². The summed E-state index contributed by atoms with van der Waals surface area (Å²) >= 11 is 0. The minimum Gasteiger partial charge on any atom is -0.364 e. The van der Waals surface area contributed by atoms with E-state index in [0.717, 1.165) is 18.9 Å². The molecule has 0 amide bonds. The number of nitriles is 2. The van der Waals surface area contributed by atoms with Gasteiger partial charge in [0.15, 0.2) is 23.0 Å². The van der Waals surface area contributed by atoms with Crippen LogP contribution in [0.1, 0.15) is 29.8 Å². The Kier molecular flexibility index (Phi) is 5.24. The molecule has 2 heterocycles. The summed E-state index contributed by atoms with van der Waals surface area (Å²) < 4.78 is 27.0. The smallest absolute Gasteiger partial charge is 0.179 e. The van der Waals surface area contributed by atoms with Crippen molar-refractivity contribution in [3.05, 3.63) is 46.8 Å². The van der Waals surface area contributed by atoms with Crippen LogP contribution in [0.2, 0.25) is 0 Å². The summed E-state index contributed by atoms with van der Waals surface area (Å²) in [5.74, 6) is -0.0273. The molecule has 2 aromatic rings. The Labute approximate surface area is 167 Å². The van der Waals surface area contributed by atoms with Gasteiger partial charge in [-0.1, -0.05) is 6.07 Å². The van der Waals surface area contributed by atoms with Gasteiger partial charge in [-0.3, -0.25) is 4.90 Å². The number of hydrogen-bond acceptors (Lipinski definition) is 7. The number of nitrogens with one attached hydrogen (secondary N) is 1. The summed E-state index contributed by atoms with van der Waals surface area (Å²) in [6.45, 7) is 2.95. The van der Waals surface area contributed by atoms with Crippen molar-refractivity contribution < 1.29 is 8.78 Å². The average molecular weight is 395 g/mol. The van der Waals surface area contributed by atoms with Gasteiger partial charge in [-0.15, -0.1) is 0 Å². The fourth-order valence-electron chi connectivity index (χ4n) is 3.33. The molecular formula is C20H19F2N7. The molecule has 1 saturated carbocycles. The van der Waals surface area contributed by atoms with Gasteiger partial charge in [0.25, 0.3) is 0 Å². The zero-order valence-corrected chi connectivity index (χ0v) is 15.7. The summed E-state index contributed by atoms with van der Waals surface area (Å²) in [5.41, 5.74) is 0.491. The van der Waals surface area contributed by atoms with Crippen LogP contribution in [-0.2, 0) is 6.54 Å². The maximum Gasteiger partial charge on any atom is 0.179 e. The SMILES string of the molecule is N#Cc1nc(NC2CC2)c(N2CCN(Cc3ccc(F)cc3F)CC2)nc1C#N. The van der Waals surface area contributed by atoms with E-state index in [4.69, 9.17) is 0 Å². The Balaban J connectivity index is 1.49. The first-order chi connectivity index (χ1) is 14.1. The molecule has 2 aliphatic rings. The molecule has 29 heavy (non-hydrogen) atoms. The lowest BCUT2D eigenvalue weighted by molar-refractivity contribution is 0.246. The fourth-order valence-corrected chi connectivity index (χ4v) is 3.33. The quantitative estimate of drug-likeness (QED) is 0.831. The zero-order valence-electron chi connectivity index (χ0n) is 15.7. The van der Waals surface area contributed by atoms with Gasteiger partial charge in [0.2, 0.25) is 0 Å². The fraction of sp³-hybridized carbons (Fsp3) is 0.400. The molecule has 9 heteroatoms. The number of halogens is 2. The molecule has 4 rings (SSSR count). The van der Waals surface area contributed by atoms with Crippen LogP contribution in [0.4, 0.5) is 20.4 Å². The van der Waals surface area contributed by atoms with Crippen molar-refractivity contribution in [3.8, 4) is 12.1 Å². The van der Waals surface area contributed by atoms with Gasteiger partial charge in [0, 0.05) is 50.4 Å². The largest absolute Gasteiger partial charge is 0.364 e. The zero-order chi connectivity index (χ0) is 20.4. The van der Waals surface area contributed by atoms with Crippen molar-refractivity contribution in [2.24, 2.45) is 0 Å². The van der Waals surface area contributed by atoms with Crippen LogP contribution < -0.4 is 10.2 Å². The number of piperazine rings is 1. The van der Waals surface area contributed by atoms with E-state index in [9.17, 15) is 19.3 Å². The van der Waals surface area contributed by atoms with Crippen LogP contribution in [0.3, 0.4) is 0 Å². The summed E-state index contributed by atoms with van der Waals surface area (Å²) in [7, 11) is 0. The van der Waals surface area contributed by atoms with Gasteiger partial charge < -0.3 is 10.2 Å². The summed E-state index contributed by atoms with van der Waals surface area (Å²) in [4.78, 5) is 12.8. The molecule has 1 aliphatic carbocycles. The number of anilines is 2. The van der Waals surface area contributed by atoms with Crippen molar-refractivity contribution in [2.45, 2.75) is 25.4 Å². The molecule has 148 valence electrons. The third-order valence-electron chi connectivity index (χ3n) is 5.09. The van der Waals surface area contributed by atoms with Gasteiger partial charge in [0.1, 0.15) is 23.8 Å². The van der Waals surface area contributed by atoms with Crippen LogP contribution in [0.25, 0.3) is 0 Å². The maximum absolute atomic E-state index is 13.9. The highest BCUT2D eigenvalue weighted by Crippen LogP contribution is 2.30. The molecule has 0 spiro atoms. The second-order valence-corrected chi connectivity index (χ2v) is 7.23. The molecule has 1 N–H and O–H groups in total. The Bertz CT molecular complexity index is 999. The molecule has 1 saturated heterocycles. The van der Waals surface area contributed by atoms with Crippen molar-refractivity contribution >= 4 is 11.6 Å². The predicted octanol–water partition coefficient (Wildman–Crippen LogP) is 2.39. The first-order valence-electron chi connectivity index (χ1n) is 9.47. The van der Waals surface area contributed by atoms with Crippen molar-refractivity contribution in [2.75, 3.05) is 36.4 Å². The molecule has 1 aromatic carbocycles. The van der Waals surface area contributed by atoms with Crippen molar-refractivity contribution in [3.63, 3.8) is 0 Å². The van der Waals surface area contributed by atoms with Gasteiger partial charge in [-0.25, -0.2) is 18.7 Å². The lowest BCUT2D eigenvalue weighted by Crippen LogP contribution is -2.46. The highest BCUT2D eigenvalue weighted by molar-refractivity contribution is 5.64. The van der Waals surface area contributed by atoms with Crippen molar-refractivity contribution in [1.29, 1.82) is 10.5 Å². The topological polar surface area (TPSA) is 91.9 Å². The number of hydrogen-bond donors (Lipinski definition) is 1. The minimum atomic E-state index is -0.584. The van der Waals surface area contributed by atoms with Crippen LogP contribution in [-0.4, -0.2) is 47.1 Å². The van der Waals surface area contributed by atoms with Crippen LogP contribution in [0.15, 0.2) is 18.2 Å². The third kappa shape index (κ3) is 4.25. The predicted molar refractivity (Wildman–Crippen MR) is 102 cm³/mol. The van der Waals surface area contributed by atoms with Gasteiger partial charge in [-0.2, -0.15) is 10.5 Å². The number of rotatable bonds is 5. The summed E-state index contributed by atoms with van der Waals surface area (Å²) in [6.07, 6.45) is 2.08. The molecule has 7 nitrogen and oxygen atoms in total.